The van der Waals surface area contributed by atoms with E-state index < -0.39 is 0 Å². The Balaban J connectivity index is 2.55. The van der Waals surface area contributed by atoms with Gasteiger partial charge in [-0.2, -0.15) is 0 Å². The lowest BCUT2D eigenvalue weighted by atomic mass is 10.1. The van der Waals surface area contributed by atoms with Crippen LogP contribution in [0.15, 0.2) is 24.3 Å². The lowest BCUT2D eigenvalue weighted by Crippen LogP contribution is -2.12. The summed E-state index contributed by atoms with van der Waals surface area (Å²) < 4.78 is 10.9. The summed E-state index contributed by atoms with van der Waals surface area (Å²) in [5.41, 5.74) is 0.652. The van der Waals surface area contributed by atoms with E-state index in [-0.39, 0.29) is 11.9 Å². The molecule has 94 valence electrons. The third-order valence-electron chi connectivity index (χ3n) is 2.30. The maximum Gasteiger partial charge on any atom is 0.166 e. The predicted molar refractivity (Wildman–Crippen MR) is 67.6 cm³/mol. The molecule has 0 fully saturated rings. The van der Waals surface area contributed by atoms with Gasteiger partial charge < -0.3 is 9.47 Å². The standard InChI is InChI=1S/C14H20O3/c1-4-13(15)12-7-5-6-8-14(12)17-10-9-16-11(2)3/h5-8,11H,4,9-10H2,1-3H3. The van der Waals surface area contributed by atoms with Gasteiger partial charge in [0.2, 0.25) is 0 Å². The van der Waals surface area contributed by atoms with E-state index in [4.69, 9.17) is 9.47 Å². The molecular formula is C14H20O3. The van der Waals surface area contributed by atoms with Crippen molar-refractivity contribution in [3.05, 3.63) is 29.8 Å². The molecule has 1 aromatic carbocycles. The number of benzene rings is 1. The Labute approximate surface area is 103 Å². The molecule has 0 saturated heterocycles. The van der Waals surface area contributed by atoms with Gasteiger partial charge in [0.15, 0.2) is 5.78 Å². The highest BCUT2D eigenvalue weighted by Crippen LogP contribution is 2.19. The summed E-state index contributed by atoms with van der Waals surface area (Å²) in [6.45, 7) is 6.81. The van der Waals surface area contributed by atoms with Crippen LogP contribution in [0.3, 0.4) is 0 Å². The molecule has 0 unspecified atom stereocenters. The lowest BCUT2D eigenvalue weighted by molar-refractivity contribution is 0.0549. The molecule has 0 radical (unpaired) electrons. The summed E-state index contributed by atoms with van der Waals surface area (Å²) in [6, 6.07) is 7.33. The Morgan fingerprint density at radius 2 is 1.94 bits per heavy atom. The van der Waals surface area contributed by atoms with Crippen LogP contribution in [0.4, 0.5) is 0 Å². The van der Waals surface area contributed by atoms with E-state index in [2.05, 4.69) is 0 Å². The topological polar surface area (TPSA) is 35.5 Å². The lowest BCUT2D eigenvalue weighted by Gasteiger charge is -2.11. The van der Waals surface area contributed by atoms with Crippen molar-refractivity contribution >= 4 is 5.78 Å². The van der Waals surface area contributed by atoms with Gasteiger partial charge in [-0.3, -0.25) is 4.79 Å². The quantitative estimate of drug-likeness (QED) is 0.539. The first-order chi connectivity index (χ1) is 8.15. The summed E-state index contributed by atoms with van der Waals surface area (Å²) in [5, 5.41) is 0. The number of carbonyl (C=O) groups is 1. The molecule has 0 saturated carbocycles. The number of carbonyl (C=O) groups excluding carboxylic acids is 1. The predicted octanol–water partition coefficient (Wildman–Crippen LogP) is 3.08. The molecule has 0 N–H and O–H groups in total. The number of ketones is 1. The number of Topliss-reactive ketones (excluding diaryl/α,β-unsaturated/α-hetero) is 1. The largest absolute Gasteiger partial charge is 0.490 e. The summed E-state index contributed by atoms with van der Waals surface area (Å²) in [7, 11) is 0. The van der Waals surface area contributed by atoms with Crippen LogP contribution in [0.25, 0.3) is 0 Å². The second-order valence-electron chi connectivity index (χ2n) is 4.04. The van der Waals surface area contributed by atoms with Gasteiger partial charge in [0.1, 0.15) is 12.4 Å². The van der Waals surface area contributed by atoms with Gasteiger partial charge in [-0.1, -0.05) is 19.1 Å². The number of rotatable bonds is 7. The zero-order valence-corrected chi connectivity index (χ0v) is 10.7. The minimum atomic E-state index is 0.102. The van der Waals surface area contributed by atoms with Crippen molar-refractivity contribution in [3.8, 4) is 5.75 Å². The first-order valence-corrected chi connectivity index (χ1v) is 6.01. The smallest absolute Gasteiger partial charge is 0.166 e. The third kappa shape index (κ3) is 4.57. The van der Waals surface area contributed by atoms with E-state index in [1.165, 1.54) is 0 Å². The van der Waals surface area contributed by atoms with Gasteiger partial charge in [-0.25, -0.2) is 0 Å². The average molecular weight is 236 g/mol. The molecule has 0 amide bonds. The molecule has 1 aromatic rings. The molecule has 3 nitrogen and oxygen atoms in total. The van der Waals surface area contributed by atoms with Gasteiger partial charge in [0.05, 0.1) is 18.3 Å². The Hall–Kier alpha value is -1.35. The normalized spacial score (nSPS) is 10.6. The number of hydrogen-bond donors (Lipinski definition) is 0. The zero-order chi connectivity index (χ0) is 12.7. The summed E-state index contributed by atoms with van der Waals surface area (Å²) >= 11 is 0. The van der Waals surface area contributed by atoms with E-state index in [1.807, 2.05) is 39.0 Å². The zero-order valence-electron chi connectivity index (χ0n) is 10.7. The van der Waals surface area contributed by atoms with Crippen molar-refractivity contribution in [2.24, 2.45) is 0 Å². The molecule has 0 aliphatic carbocycles. The Morgan fingerprint density at radius 1 is 1.24 bits per heavy atom. The van der Waals surface area contributed by atoms with E-state index >= 15 is 0 Å². The van der Waals surface area contributed by atoms with Crippen LogP contribution in [-0.2, 0) is 4.74 Å². The molecule has 3 heteroatoms. The van der Waals surface area contributed by atoms with Crippen LogP contribution < -0.4 is 4.74 Å². The van der Waals surface area contributed by atoms with Crippen molar-refractivity contribution in [1.82, 2.24) is 0 Å². The Bertz CT molecular complexity index is 358. The molecule has 0 bridgehead atoms. The van der Waals surface area contributed by atoms with Gasteiger partial charge in [-0.05, 0) is 26.0 Å². The van der Waals surface area contributed by atoms with Crippen LogP contribution in [0, 0.1) is 0 Å². The fourth-order valence-electron chi connectivity index (χ4n) is 1.45. The molecule has 0 heterocycles. The number of para-hydroxylation sites is 1. The maximum atomic E-state index is 11.7. The average Bonchev–Trinajstić information content (AvgIpc) is 2.34. The van der Waals surface area contributed by atoms with Crippen molar-refractivity contribution in [1.29, 1.82) is 0 Å². The van der Waals surface area contributed by atoms with Crippen LogP contribution in [0.2, 0.25) is 0 Å². The molecule has 0 spiro atoms. The third-order valence-corrected chi connectivity index (χ3v) is 2.30. The van der Waals surface area contributed by atoms with Gasteiger partial charge >= 0.3 is 0 Å². The highest BCUT2D eigenvalue weighted by atomic mass is 16.5. The van der Waals surface area contributed by atoms with E-state index in [9.17, 15) is 4.79 Å². The summed E-state index contributed by atoms with van der Waals surface area (Å²) in [5.74, 6) is 0.747. The van der Waals surface area contributed by atoms with Gasteiger partial charge in [-0.15, -0.1) is 0 Å². The first-order valence-electron chi connectivity index (χ1n) is 6.01. The van der Waals surface area contributed by atoms with Crippen molar-refractivity contribution < 1.29 is 14.3 Å². The van der Waals surface area contributed by atoms with Crippen molar-refractivity contribution in [2.45, 2.75) is 33.3 Å². The first kappa shape index (κ1) is 13.7. The van der Waals surface area contributed by atoms with E-state index in [0.717, 1.165) is 0 Å². The van der Waals surface area contributed by atoms with Crippen molar-refractivity contribution in [3.63, 3.8) is 0 Å². The van der Waals surface area contributed by atoms with Crippen molar-refractivity contribution in [2.75, 3.05) is 13.2 Å². The van der Waals surface area contributed by atoms with E-state index in [1.54, 1.807) is 6.07 Å². The minimum absolute atomic E-state index is 0.102. The molecule has 1 rings (SSSR count). The van der Waals surface area contributed by atoms with Gasteiger partial charge in [0.25, 0.3) is 0 Å². The van der Waals surface area contributed by atoms with Crippen LogP contribution in [0.1, 0.15) is 37.6 Å². The summed E-state index contributed by atoms with van der Waals surface area (Å²) in [6.07, 6.45) is 0.689. The van der Waals surface area contributed by atoms with Crippen LogP contribution in [-0.4, -0.2) is 25.1 Å². The minimum Gasteiger partial charge on any atom is -0.490 e. The maximum absolute atomic E-state index is 11.7. The van der Waals surface area contributed by atoms with Gasteiger partial charge in [0, 0.05) is 6.42 Å². The highest BCUT2D eigenvalue weighted by molar-refractivity contribution is 5.98. The number of hydrogen-bond acceptors (Lipinski definition) is 3. The second-order valence-corrected chi connectivity index (χ2v) is 4.04. The Kier molecular flexibility index (Phi) is 5.70. The molecule has 0 aromatic heterocycles. The Morgan fingerprint density at radius 3 is 2.59 bits per heavy atom. The van der Waals surface area contributed by atoms with E-state index in [0.29, 0.717) is 30.9 Å². The molecule has 0 aliphatic rings. The molecule has 0 atom stereocenters. The summed E-state index contributed by atoms with van der Waals surface area (Å²) in [4.78, 5) is 11.7. The molecular weight excluding hydrogens is 216 g/mol. The monoisotopic (exact) mass is 236 g/mol. The fourth-order valence-corrected chi connectivity index (χ4v) is 1.45. The highest BCUT2D eigenvalue weighted by Gasteiger charge is 2.09. The SMILES string of the molecule is CCC(=O)c1ccccc1OCCOC(C)C. The molecule has 0 aliphatic heterocycles. The van der Waals surface area contributed by atoms with Crippen LogP contribution in [0.5, 0.6) is 5.75 Å². The fraction of sp³-hybridized carbons (Fsp3) is 0.500. The number of ether oxygens (including phenoxy) is 2. The molecule has 17 heavy (non-hydrogen) atoms. The second kappa shape index (κ2) is 7.07. The van der Waals surface area contributed by atoms with Crippen LogP contribution >= 0.6 is 0 Å².